The largest absolute Gasteiger partial charge is 0.480 e. The molecule has 0 saturated carbocycles. The van der Waals surface area contributed by atoms with Crippen molar-refractivity contribution >= 4 is 29.2 Å². The normalized spacial score (nSPS) is 10.3. The number of esters is 1. The molecule has 0 unspecified atom stereocenters. The Labute approximate surface area is 122 Å². The summed E-state index contributed by atoms with van der Waals surface area (Å²) in [6.07, 6.45) is 1.80. The van der Waals surface area contributed by atoms with Crippen LogP contribution in [0.5, 0.6) is 5.75 Å². The maximum absolute atomic E-state index is 11.4. The van der Waals surface area contributed by atoms with Gasteiger partial charge >= 0.3 is 5.97 Å². The van der Waals surface area contributed by atoms with Crippen molar-refractivity contribution < 1.29 is 14.3 Å². The van der Waals surface area contributed by atoms with Gasteiger partial charge in [-0.05, 0) is 18.6 Å². The van der Waals surface area contributed by atoms with Crippen molar-refractivity contribution in [3.05, 3.63) is 27.7 Å². The molecule has 4 nitrogen and oxygen atoms in total. The van der Waals surface area contributed by atoms with Crippen LogP contribution in [-0.4, -0.2) is 19.2 Å². The summed E-state index contributed by atoms with van der Waals surface area (Å²) in [5.41, 5.74) is 6.23. The minimum absolute atomic E-state index is 0.196. The molecule has 19 heavy (non-hydrogen) atoms. The fourth-order valence-corrected chi connectivity index (χ4v) is 2.02. The molecule has 0 aliphatic rings. The van der Waals surface area contributed by atoms with Crippen molar-refractivity contribution in [2.45, 2.75) is 26.3 Å². The van der Waals surface area contributed by atoms with Crippen molar-refractivity contribution in [3.8, 4) is 5.75 Å². The van der Waals surface area contributed by atoms with Gasteiger partial charge in [0, 0.05) is 17.1 Å². The fraction of sp³-hybridized carbons (Fsp3) is 0.462. The van der Waals surface area contributed by atoms with E-state index < -0.39 is 5.97 Å². The molecule has 0 saturated heterocycles. The first-order valence-electron chi connectivity index (χ1n) is 6.04. The van der Waals surface area contributed by atoms with E-state index in [0.29, 0.717) is 28.0 Å². The number of hydrogen-bond donors (Lipinski definition) is 1. The molecular weight excluding hydrogens is 289 g/mol. The van der Waals surface area contributed by atoms with Crippen LogP contribution in [-0.2, 0) is 16.1 Å². The number of rotatable bonds is 7. The Kier molecular flexibility index (Phi) is 6.99. The zero-order chi connectivity index (χ0) is 14.3. The molecule has 106 valence electrons. The molecule has 0 aliphatic carbocycles. The monoisotopic (exact) mass is 305 g/mol. The second-order valence-corrected chi connectivity index (χ2v) is 4.79. The Morgan fingerprint density at radius 1 is 1.37 bits per heavy atom. The second-order valence-electron chi connectivity index (χ2n) is 3.94. The smallest absolute Gasteiger partial charge is 0.344 e. The number of hydrogen-bond acceptors (Lipinski definition) is 4. The molecule has 0 spiro atoms. The molecule has 0 radical (unpaired) electrons. The first kappa shape index (κ1) is 16.1. The van der Waals surface area contributed by atoms with E-state index in [1.807, 2.05) is 6.92 Å². The number of nitrogens with two attached hydrogens (primary N) is 1. The Hall–Kier alpha value is -0.970. The molecule has 6 heteroatoms. The van der Waals surface area contributed by atoms with Crippen LogP contribution in [0, 0.1) is 0 Å². The molecular formula is C13H17Cl2NO3. The number of halogens is 2. The summed E-state index contributed by atoms with van der Waals surface area (Å²) in [5.74, 6) is -0.0524. The molecule has 2 N–H and O–H groups in total. The van der Waals surface area contributed by atoms with Gasteiger partial charge in [0.1, 0.15) is 5.75 Å². The van der Waals surface area contributed by atoms with Crippen molar-refractivity contribution in [2.75, 3.05) is 13.2 Å². The molecule has 0 heterocycles. The lowest BCUT2D eigenvalue weighted by molar-refractivity contribution is -0.146. The Morgan fingerprint density at radius 3 is 2.74 bits per heavy atom. The molecule has 0 atom stereocenters. The standard InChI is InChI=1S/C13H17Cl2NO3/c1-2-3-4-18-12(17)8-19-13-9(7-16)5-10(14)6-11(13)15/h5-6H,2-4,7-8,16H2,1H3. The van der Waals surface area contributed by atoms with E-state index in [-0.39, 0.29) is 13.2 Å². The van der Waals surface area contributed by atoms with Crippen LogP contribution in [0.15, 0.2) is 12.1 Å². The molecule has 1 aromatic carbocycles. The van der Waals surface area contributed by atoms with Crippen molar-refractivity contribution in [2.24, 2.45) is 5.73 Å². The van der Waals surface area contributed by atoms with E-state index in [4.69, 9.17) is 38.4 Å². The van der Waals surface area contributed by atoms with Crippen molar-refractivity contribution in [1.29, 1.82) is 0 Å². The van der Waals surface area contributed by atoms with Crippen LogP contribution in [0.1, 0.15) is 25.3 Å². The third-order valence-corrected chi connectivity index (χ3v) is 2.90. The van der Waals surface area contributed by atoms with Crippen LogP contribution < -0.4 is 10.5 Å². The average Bonchev–Trinajstić information content (AvgIpc) is 2.37. The average molecular weight is 306 g/mol. The predicted octanol–water partition coefficient (Wildman–Crippen LogP) is 3.17. The molecule has 0 bridgehead atoms. The third-order valence-electron chi connectivity index (χ3n) is 2.40. The van der Waals surface area contributed by atoms with Gasteiger partial charge in [0.25, 0.3) is 0 Å². The number of unbranched alkanes of at least 4 members (excludes halogenated alkanes) is 1. The zero-order valence-corrected chi connectivity index (χ0v) is 12.3. The summed E-state index contributed by atoms with van der Waals surface area (Å²) in [4.78, 5) is 11.4. The molecule has 0 amide bonds. The van der Waals surface area contributed by atoms with Crippen LogP contribution in [0.4, 0.5) is 0 Å². The van der Waals surface area contributed by atoms with E-state index in [2.05, 4.69) is 0 Å². The van der Waals surface area contributed by atoms with Crippen molar-refractivity contribution in [1.82, 2.24) is 0 Å². The maximum atomic E-state index is 11.4. The highest BCUT2D eigenvalue weighted by atomic mass is 35.5. The van der Waals surface area contributed by atoms with Gasteiger partial charge in [-0.1, -0.05) is 36.5 Å². The highest BCUT2D eigenvalue weighted by Gasteiger charge is 2.12. The van der Waals surface area contributed by atoms with Gasteiger partial charge in [-0.25, -0.2) is 4.79 Å². The summed E-state index contributed by atoms with van der Waals surface area (Å²) in [6, 6.07) is 3.20. The zero-order valence-electron chi connectivity index (χ0n) is 10.7. The van der Waals surface area contributed by atoms with Crippen LogP contribution >= 0.6 is 23.2 Å². The van der Waals surface area contributed by atoms with E-state index in [1.54, 1.807) is 12.1 Å². The summed E-state index contributed by atoms with van der Waals surface area (Å²) in [5, 5.41) is 0.803. The van der Waals surface area contributed by atoms with Crippen LogP contribution in [0.25, 0.3) is 0 Å². The van der Waals surface area contributed by atoms with Gasteiger partial charge in [0.2, 0.25) is 0 Å². The number of benzene rings is 1. The SMILES string of the molecule is CCCCOC(=O)COc1c(Cl)cc(Cl)cc1CN. The molecule has 1 aromatic rings. The Bertz CT molecular complexity index is 438. The second kappa shape index (κ2) is 8.25. The lowest BCUT2D eigenvalue weighted by atomic mass is 10.2. The van der Waals surface area contributed by atoms with Gasteiger partial charge in [-0.2, -0.15) is 0 Å². The summed E-state index contributed by atoms with van der Waals surface area (Å²) >= 11 is 11.9. The first-order valence-corrected chi connectivity index (χ1v) is 6.80. The molecule has 1 rings (SSSR count). The molecule has 0 fully saturated rings. The van der Waals surface area contributed by atoms with E-state index in [1.165, 1.54) is 0 Å². The maximum Gasteiger partial charge on any atom is 0.344 e. The van der Waals surface area contributed by atoms with E-state index in [9.17, 15) is 4.79 Å². The quantitative estimate of drug-likeness (QED) is 0.621. The van der Waals surface area contributed by atoms with Gasteiger partial charge < -0.3 is 15.2 Å². The minimum Gasteiger partial charge on any atom is -0.480 e. The predicted molar refractivity (Wildman–Crippen MR) is 75.7 cm³/mol. The molecule has 0 aromatic heterocycles. The summed E-state index contributed by atoms with van der Waals surface area (Å²) in [6.45, 7) is 2.45. The van der Waals surface area contributed by atoms with Gasteiger partial charge in [0.15, 0.2) is 6.61 Å². The lowest BCUT2D eigenvalue weighted by Gasteiger charge is -2.12. The topological polar surface area (TPSA) is 61.5 Å². The van der Waals surface area contributed by atoms with Crippen molar-refractivity contribution in [3.63, 3.8) is 0 Å². The summed E-state index contributed by atoms with van der Waals surface area (Å²) < 4.78 is 10.3. The minimum atomic E-state index is -0.428. The van der Waals surface area contributed by atoms with Gasteiger partial charge in [-0.3, -0.25) is 0 Å². The highest BCUT2D eigenvalue weighted by Crippen LogP contribution is 2.32. The Balaban J connectivity index is 2.60. The lowest BCUT2D eigenvalue weighted by Crippen LogP contribution is -2.16. The van der Waals surface area contributed by atoms with E-state index in [0.717, 1.165) is 12.8 Å². The van der Waals surface area contributed by atoms with Gasteiger partial charge in [-0.15, -0.1) is 0 Å². The van der Waals surface area contributed by atoms with Gasteiger partial charge in [0.05, 0.1) is 11.6 Å². The number of carbonyl (C=O) groups is 1. The highest BCUT2D eigenvalue weighted by molar-refractivity contribution is 6.35. The van der Waals surface area contributed by atoms with E-state index >= 15 is 0 Å². The van der Waals surface area contributed by atoms with Crippen LogP contribution in [0.2, 0.25) is 10.0 Å². The number of ether oxygens (including phenoxy) is 2. The first-order chi connectivity index (χ1) is 9.08. The fourth-order valence-electron chi connectivity index (χ4n) is 1.43. The third kappa shape index (κ3) is 5.27. The molecule has 0 aliphatic heterocycles. The summed E-state index contributed by atoms with van der Waals surface area (Å²) in [7, 11) is 0. The Morgan fingerprint density at radius 2 is 2.11 bits per heavy atom. The van der Waals surface area contributed by atoms with Crippen LogP contribution in [0.3, 0.4) is 0 Å². The number of carbonyl (C=O) groups excluding carboxylic acids is 1.